The van der Waals surface area contributed by atoms with Gasteiger partial charge in [0, 0.05) is 10.5 Å². The van der Waals surface area contributed by atoms with E-state index < -0.39 is 0 Å². The van der Waals surface area contributed by atoms with Crippen LogP contribution in [0.5, 0.6) is 0 Å². The number of aryl methyl sites for hydroxylation is 1. The van der Waals surface area contributed by atoms with Crippen LogP contribution in [0.25, 0.3) is 0 Å². The van der Waals surface area contributed by atoms with E-state index in [9.17, 15) is 4.79 Å². The summed E-state index contributed by atoms with van der Waals surface area (Å²) < 4.78 is 5.72. The van der Waals surface area contributed by atoms with Crippen LogP contribution in [0, 0.1) is 6.92 Å². The van der Waals surface area contributed by atoms with Gasteiger partial charge in [-0.15, -0.1) is 0 Å². The lowest BCUT2D eigenvalue weighted by molar-refractivity contribution is -0.110. The molecule has 2 rings (SSSR count). The summed E-state index contributed by atoms with van der Waals surface area (Å²) in [5, 5.41) is 9.93. The Kier molecular flexibility index (Phi) is 4.89. The molecule has 6 nitrogen and oxygen atoms in total. The molecule has 0 fully saturated rings. The Balaban J connectivity index is 1.79. The normalized spacial score (nSPS) is 10.7. The molecule has 20 heavy (non-hydrogen) atoms. The highest BCUT2D eigenvalue weighted by Gasteiger charge is 2.03. The third-order valence-corrected chi connectivity index (χ3v) is 2.95. The Hall–Kier alpha value is -2.15. The number of anilines is 1. The van der Waals surface area contributed by atoms with E-state index in [0.29, 0.717) is 11.4 Å². The third-order valence-electron chi connectivity index (χ3n) is 2.26. The first-order valence-corrected chi connectivity index (χ1v) is 6.57. The molecule has 0 aliphatic carbocycles. The summed E-state index contributed by atoms with van der Waals surface area (Å²) >= 11 is 3.33. The van der Waals surface area contributed by atoms with Gasteiger partial charge in [-0.3, -0.25) is 4.79 Å². The molecule has 1 heterocycles. The standard InChI is InChI=1S/C13H12BrN3O3/c1-9-6-10(20-17-9)8-19-15-7-13(18)16-12-5-3-2-4-11(12)14/h2-7H,8H2,1H3,(H,16,18). The first-order valence-electron chi connectivity index (χ1n) is 5.78. The fourth-order valence-corrected chi connectivity index (χ4v) is 1.78. The zero-order valence-electron chi connectivity index (χ0n) is 10.7. The molecular weight excluding hydrogens is 326 g/mol. The Labute approximate surface area is 123 Å². The minimum Gasteiger partial charge on any atom is -0.387 e. The second kappa shape index (κ2) is 6.85. The molecule has 0 atom stereocenters. The highest BCUT2D eigenvalue weighted by molar-refractivity contribution is 9.10. The molecule has 1 aromatic carbocycles. The van der Waals surface area contributed by atoms with Crippen molar-refractivity contribution in [1.29, 1.82) is 0 Å². The van der Waals surface area contributed by atoms with Crippen molar-refractivity contribution in [3.8, 4) is 0 Å². The lowest BCUT2D eigenvalue weighted by Gasteiger charge is -2.03. The number of hydrogen-bond acceptors (Lipinski definition) is 5. The molecule has 1 aromatic heterocycles. The first kappa shape index (κ1) is 14.3. The molecule has 0 saturated heterocycles. The van der Waals surface area contributed by atoms with Crippen LogP contribution in [0.1, 0.15) is 11.5 Å². The van der Waals surface area contributed by atoms with Crippen LogP contribution in [-0.4, -0.2) is 17.3 Å². The Morgan fingerprint density at radius 1 is 1.55 bits per heavy atom. The largest absolute Gasteiger partial charge is 0.387 e. The minimum absolute atomic E-state index is 0.125. The molecule has 1 amide bonds. The molecule has 104 valence electrons. The molecule has 0 saturated carbocycles. The number of hydrogen-bond donors (Lipinski definition) is 1. The molecule has 0 aliphatic rings. The first-order chi connectivity index (χ1) is 9.65. The fraction of sp³-hybridized carbons (Fsp3) is 0.154. The SMILES string of the molecule is Cc1cc(CON=CC(=O)Nc2ccccc2Br)on1. The average Bonchev–Trinajstić information content (AvgIpc) is 2.83. The van der Waals surface area contributed by atoms with Crippen LogP contribution in [0.15, 0.2) is 44.5 Å². The quantitative estimate of drug-likeness (QED) is 0.672. The second-order valence-electron chi connectivity index (χ2n) is 3.91. The van der Waals surface area contributed by atoms with Crippen molar-refractivity contribution in [2.24, 2.45) is 5.16 Å². The molecule has 7 heteroatoms. The summed E-state index contributed by atoms with van der Waals surface area (Å²) in [5.74, 6) is 0.163. The lowest BCUT2D eigenvalue weighted by atomic mass is 10.3. The van der Waals surface area contributed by atoms with Crippen molar-refractivity contribution in [3.05, 3.63) is 46.3 Å². The summed E-state index contributed by atoms with van der Waals surface area (Å²) in [6, 6.07) is 9.01. The maximum absolute atomic E-state index is 11.6. The zero-order chi connectivity index (χ0) is 14.4. The maximum Gasteiger partial charge on any atom is 0.270 e. The van der Waals surface area contributed by atoms with Gasteiger partial charge in [0.15, 0.2) is 12.4 Å². The van der Waals surface area contributed by atoms with Crippen LogP contribution < -0.4 is 5.32 Å². The van der Waals surface area contributed by atoms with E-state index in [1.165, 1.54) is 0 Å². The van der Waals surface area contributed by atoms with Gasteiger partial charge in [0.2, 0.25) is 0 Å². The second-order valence-corrected chi connectivity index (χ2v) is 4.77. The lowest BCUT2D eigenvalue weighted by Crippen LogP contribution is -2.13. The molecule has 0 spiro atoms. The molecule has 1 N–H and O–H groups in total. The molecule has 0 unspecified atom stereocenters. The number of nitrogens with zero attached hydrogens (tertiary/aromatic N) is 2. The number of amides is 1. The van der Waals surface area contributed by atoms with Gasteiger partial charge in [-0.2, -0.15) is 0 Å². The maximum atomic E-state index is 11.6. The van der Waals surface area contributed by atoms with Gasteiger partial charge in [-0.25, -0.2) is 0 Å². The summed E-state index contributed by atoms with van der Waals surface area (Å²) in [6.07, 6.45) is 1.06. The van der Waals surface area contributed by atoms with Gasteiger partial charge < -0.3 is 14.7 Å². The Bertz CT molecular complexity index is 625. The molecule has 2 aromatic rings. The number of aromatic nitrogens is 1. The van der Waals surface area contributed by atoms with Crippen LogP contribution in [-0.2, 0) is 16.2 Å². The van der Waals surface area contributed by atoms with Gasteiger partial charge in [-0.05, 0) is 35.0 Å². The number of rotatable bonds is 5. The Morgan fingerprint density at radius 3 is 3.05 bits per heavy atom. The summed E-state index contributed by atoms with van der Waals surface area (Å²) in [4.78, 5) is 16.5. The van der Waals surface area contributed by atoms with Gasteiger partial charge in [0.1, 0.15) is 6.21 Å². The van der Waals surface area contributed by atoms with E-state index in [0.717, 1.165) is 16.4 Å². The Morgan fingerprint density at radius 2 is 2.35 bits per heavy atom. The van der Waals surface area contributed by atoms with Gasteiger partial charge in [0.25, 0.3) is 5.91 Å². The summed E-state index contributed by atoms with van der Waals surface area (Å²) in [5.41, 5.74) is 1.43. The molecule has 0 bridgehead atoms. The number of carbonyl (C=O) groups is 1. The van der Waals surface area contributed by atoms with E-state index in [2.05, 4.69) is 31.6 Å². The fourth-order valence-electron chi connectivity index (χ4n) is 1.40. The molecule has 0 radical (unpaired) electrons. The van der Waals surface area contributed by atoms with Crippen molar-refractivity contribution >= 4 is 33.7 Å². The molecular formula is C13H12BrN3O3. The number of para-hydroxylation sites is 1. The average molecular weight is 338 g/mol. The van der Waals surface area contributed by atoms with Crippen molar-refractivity contribution < 1.29 is 14.2 Å². The van der Waals surface area contributed by atoms with Gasteiger partial charge in [-0.1, -0.05) is 22.4 Å². The predicted molar refractivity (Wildman–Crippen MR) is 77.3 cm³/mol. The van der Waals surface area contributed by atoms with E-state index >= 15 is 0 Å². The topological polar surface area (TPSA) is 76.7 Å². The zero-order valence-corrected chi connectivity index (χ0v) is 12.3. The van der Waals surface area contributed by atoms with E-state index in [1.54, 1.807) is 19.1 Å². The van der Waals surface area contributed by atoms with Crippen LogP contribution in [0.2, 0.25) is 0 Å². The highest BCUT2D eigenvalue weighted by Crippen LogP contribution is 2.20. The van der Waals surface area contributed by atoms with Crippen molar-refractivity contribution in [1.82, 2.24) is 5.16 Å². The van der Waals surface area contributed by atoms with Gasteiger partial charge in [0.05, 0.1) is 11.4 Å². The highest BCUT2D eigenvalue weighted by atomic mass is 79.9. The minimum atomic E-state index is -0.384. The van der Waals surface area contributed by atoms with Crippen LogP contribution in [0.4, 0.5) is 5.69 Å². The summed E-state index contributed by atoms with van der Waals surface area (Å²) in [7, 11) is 0. The predicted octanol–water partition coefficient (Wildman–Crippen LogP) is 2.89. The number of carbonyl (C=O) groups excluding carboxylic acids is 1. The van der Waals surface area contributed by atoms with E-state index in [1.807, 2.05) is 18.2 Å². The number of benzene rings is 1. The van der Waals surface area contributed by atoms with Crippen molar-refractivity contribution in [3.63, 3.8) is 0 Å². The smallest absolute Gasteiger partial charge is 0.270 e. The van der Waals surface area contributed by atoms with Crippen LogP contribution >= 0.6 is 15.9 Å². The van der Waals surface area contributed by atoms with Gasteiger partial charge >= 0.3 is 0 Å². The monoisotopic (exact) mass is 337 g/mol. The van der Waals surface area contributed by atoms with Crippen molar-refractivity contribution in [2.45, 2.75) is 13.5 Å². The number of halogens is 1. The van der Waals surface area contributed by atoms with E-state index in [4.69, 9.17) is 9.36 Å². The van der Waals surface area contributed by atoms with E-state index in [-0.39, 0.29) is 12.5 Å². The number of nitrogens with one attached hydrogen (secondary N) is 1. The van der Waals surface area contributed by atoms with Crippen LogP contribution in [0.3, 0.4) is 0 Å². The van der Waals surface area contributed by atoms with Crippen molar-refractivity contribution in [2.75, 3.05) is 5.32 Å². The molecule has 0 aliphatic heterocycles. The third kappa shape index (κ3) is 4.20. The number of oxime groups is 1. The summed E-state index contributed by atoms with van der Waals surface area (Å²) in [6.45, 7) is 1.93.